The van der Waals surface area contributed by atoms with Crippen molar-refractivity contribution in [3.05, 3.63) is 33.7 Å². The van der Waals surface area contributed by atoms with Gasteiger partial charge in [-0.05, 0) is 29.7 Å². The van der Waals surface area contributed by atoms with Crippen molar-refractivity contribution in [2.24, 2.45) is 5.92 Å². The number of amides is 1. The van der Waals surface area contributed by atoms with E-state index in [1.54, 1.807) is 23.1 Å². The average molecular weight is 366 g/mol. The third-order valence-corrected chi connectivity index (χ3v) is 4.66. The maximum atomic E-state index is 12.4. The average Bonchev–Trinajstić information content (AvgIpc) is 2.74. The third kappa shape index (κ3) is 4.51. The number of benzene rings is 1. The molecule has 6 heteroatoms. The summed E-state index contributed by atoms with van der Waals surface area (Å²) < 4.78 is 5.91. The quantitative estimate of drug-likeness (QED) is 0.444. The van der Waals surface area contributed by atoms with E-state index in [4.69, 9.17) is 35.0 Å². The zero-order valence-corrected chi connectivity index (χ0v) is 15.2. The van der Waals surface area contributed by atoms with Crippen LogP contribution in [0.4, 0.5) is 0 Å². The molecule has 0 radical (unpaired) electrons. The highest BCUT2D eigenvalue weighted by molar-refractivity contribution is 8.26. The number of thioether (sulfide) groups is 1. The summed E-state index contributed by atoms with van der Waals surface area (Å²) in [5.74, 6) is 3.21. The number of thiocarbonyl (C=S) groups is 1. The summed E-state index contributed by atoms with van der Waals surface area (Å²) in [5, 5.41) is 0.451. The van der Waals surface area contributed by atoms with Crippen molar-refractivity contribution >= 4 is 51.9 Å². The van der Waals surface area contributed by atoms with Gasteiger partial charge in [0.05, 0.1) is 9.93 Å². The van der Waals surface area contributed by atoms with Crippen molar-refractivity contribution < 1.29 is 9.53 Å². The second-order valence-corrected chi connectivity index (χ2v) is 7.45. The van der Waals surface area contributed by atoms with Gasteiger partial charge in [0.15, 0.2) is 0 Å². The summed E-state index contributed by atoms with van der Waals surface area (Å²) in [7, 11) is 0. The first-order valence-electron chi connectivity index (χ1n) is 7.03. The molecule has 2 rings (SSSR count). The van der Waals surface area contributed by atoms with E-state index in [1.807, 2.05) is 6.07 Å². The highest BCUT2D eigenvalue weighted by Gasteiger charge is 2.32. The van der Waals surface area contributed by atoms with Crippen LogP contribution in [0.25, 0.3) is 6.08 Å². The Kier molecular flexibility index (Phi) is 6.11. The Morgan fingerprint density at radius 2 is 2.26 bits per heavy atom. The fourth-order valence-electron chi connectivity index (χ4n) is 2.02. The Labute approximate surface area is 151 Å². The summed E-state index contributed by atoms with van der Waals surface area (Å²) in [5.41, 5.74) is 0.813. The monoisotopic (exact) mass is 365 g/mol. The van der Waals surface area contributed by atoms with Gasteiger partial charge in [0.25, 0.3) is 5.91 Å². The normalized spacial score (nSPS) is 16.3. The molecule has 0 unspecified atom stereocenters. The first-order chi connectivity index (χ1) is 10.9. The SMILES string of the molecule is C#CCOc1ccc(/C=C2\SC(=S)N(CC(C)C)C2=O)cc1Cl. The maximum Gasteiger partial charge on any atom is 0.266 e. The molecular weight excluding hydrogens is 350 g/mol. The lowest BCUT2D eigenvalue weighted by atomic mass is 10.2. The zero-order chi connectivity index (χ0) is 17.0. The molecule has 1 saturated heterocycles. The summed E-state index contributed by atoms with van der Waals surface area (Å²) in [6.45, 7) is 4.89. The van der Waals surface area contributed by atoms with Crippen molar-refractivity contribution in [2.45, 2.75) is 13.8 Å². The van der Waals surface area contributed by atoms with Gasteiger partial charge in [0, 0.05) is 6.54 Å². The van der Waals surface area contributed by atoms with Crippen LogP contribution in [-0.2, 0) is 4.79 Å². The van der Waals surface area contributed by atoms with Gasteiger partial charge in [-0.3, -0.25) is 9.69 Å². The van der Waals surface area contributed by atoms with Gasteiger partial charge < -0.3 is 4.74 Å². The third-order valence-electron chi connectivity index (χ3n) is 2.99. The molecule has 0 N–H and O–H groups in total. The molecule has 120 valence electrons. The van der Waals surface area contributed by atoms with Gasteiger partial charge in [-0.25, -0.2) is 0 Å². The van der Waals surface area contributed by atoms with E-state index < -0.39 is 0 Å². The van der Waals surface area contributed by atoms with Gasteiger partial charge >= 0.3 is 0 Å². The van der Waals surface area contributed by atoms with Gasteiger partial charge in [-0.2, -0.15) is 0 Å². The molecule has 23 heavy (non-hydrogen) atoms. The number of nitrogens with zero attached hydrogens (tertiary/aromatic N) is 1. The van der Waals surface area contributed by atoms with E-state index in [2.05, 4.69) is 19.8 Å². The van der Waals surface area contributed by atoms with Crippen LogP contribution in [0.5, 0.6) is 5.75 Å². The Morgan fingerprint density at radius 3 is 2.87 bits per heavy atom. The lowest BCUT2D eigenvalue weighted by Crippen LogP contribution is -2.31. The minimum atomic E-state index is -0.0579. The minimum Gasteiger partial charge on any atom is -0.479 e. The first-order valence-corrected chi connectivity index (χ1v) is 8.63. The molecule has 0 aromatic heterocycles. The molecule has 0 aliphatic carbocycles. The number of carbonyl (C=O) groups is 1. The molecular formula is C17H16ClNO2S2. The zero-order valence-electron chi connectivity index (χ0n) is 12.8. The predicted octanol–water partition coefficient (Wildman–Crippen LogP) is 4.21. The topological polar surface area (TPSA) is 29.5 Å². The number of carbonyl (C=O) groups excluding carboxylic acids is 1. The van der Waals surface area contributed by atoms with E-state index in [1.165, 1.54) is 11.8 Å². The molecule has 1 amide bonds. The number of hydrogen-bond donors (Lipinski definition) is 0. The highest BCUT2D eigenvalue weighted by Crippen LogP contribution is 2.34. The van der Waals surface area contributed by atoms with Crippen LogP contribution in [0.2, 0.25) is 5.02 Å². The molecule has 0 atom stereocenters. The van der Waals surface area contributed by atoms with Crippen molar-refractivity contribution in [3.63, 3.8) is 0 Å². The van der Waals surface area contributed by atoms with E-state index >= 15 is 0 Å². The fourth-order valence-corrected chi connectivity index (χ4v) is 3.54. The Bertz CT molecular complexity index is 707. The molecule has 0 spiro atoms. The van der Waals surface area contributed by atoms with E-state index in [9.17, 15) is 4.79 Å². The van der Waals surface area contributed by atoms with Gasteiger partial charge in [0.2, 0.25) is 0 Å². The standard InChI is InChI=1S/C17H16ClNO2S2/c1-4-7-21-14-6-5-12(8-13(14)18)9-15-16(20)19(10-11(2)3)17(22)23-15/h1,5-6,8-9,11H,7,10H2,2-3H3/b15-9-. The summed E-state index contributed by atoms with van der Waals surface area (Å²) in [6.07, 6.45) is 6.94. The lowest BCUT2D eigenvalue weighted by Gasteiger charge is -2.16. The Balaban J connectivity index is 2.19. The molecule has 0 saturated carbocycles. The molecule has 1 aliphatic heterocycles. The van der Waals surface area contributed by atoms with Crippen LogP contribution in [0.1, 0.15) is 19.4 Å². The van der Waals surface area contributed by atoms with E-state index in [0.717, 1.165) is 5.56 Å². The van der Waals surface area contributed by atoms with Crippen molar-refractivity contribution in [2.75, 3.05) is 13.2 Å². The fraction of sp³-hybridized carbons (Fsp3) is 0.294. The number of rotatable bonds is 5. The largest absolute Gasteiger partial charge is 0.479 e. The molecule has 3 nitrogen and oxygen atoms in total. The Morgan fingerprint density at radius 1 is 1.52 bits per heavy atom. The number of halogens is 1. The van der Waals surface area contributed by atoms with Gasteiger partial charge in [0.1, 0.15) is 16.7 Å². The van der Waals surface area contributed by atoms with E-state index in [0.29, 0.717) is 32.5 Å². The maximum absolute atomic E-state index is 12.4. The minimum absolute atomic E-state index is 0.0579. The van der Waals surface area contributed by atoms with Crippen LogP contribution < -0.4 is 4.74 Å². The summed E-state index contributed by atoms with van der Waals surface area (Å²) in [6, 6.07) is 5.30. The van der Waals surface area contributed by atoms with Crippen molar-refractivity contribution in [1.82, 2.24) is 4.90 Å². The second kappa shape index (κ2) is 7.87. The molecule has 1 aromatic rings. The van der Waals surface area contributed by atoms with Gasteiger partial charge in [-0.1, -0.05) is 61.4 Å². The first kappa shape index (κ1) is 17.9. The Hall–Kier alpha value is -1.48. The molecule has 1 heterocycles. The van der Waals surface area contributed by atoms with Crippen LogP contribution in [0.3, 0.4) is 0 Å². The lowest BCUT2D eigenvalue weighted by molar-refractivity contribution is -0.122. The van der Waals surface area contributed by atoms with Crippen molar-refractivity contribution in [1.29, 1.82) is 0 Å². The van der Waals surface area contributed by atoms with Crippen LogP contribution in [0.15, 0.2) is 23.1 Å². The summed E-state index contributed by atoms with van der Waals surface area (Å²) in [4.78, 5) is 14.7. The molecule has 0 bridgehead atoms. The number of terminal acetylenes is 1. The highest BCUT2D eigenvalue weighted by atomic mass is 35.5. The van der Waals surface area contributed by atoms with Crippen molar-refractivity contribution in [3.8, 4) is 18.1 Å². The molecule has 1 aromatic carbocycles. The molecule has 1 aliphatic rings. The smallest absolute Gasteiger partial charge is 0.266 e. The van der Waals surface area contributed by atoms with E-state index in [-0.39, 0.29) is 12.5 Å². The van der Waals surface area contributed by atoms with Crippen LogP contribution >= 0.6 is 35.6 Å². The van der Waals surface area contributed by atoms with Crippen LogP contribution in [-0.4, -0.2) is 28.3 Å². The number of hydrogen-bond acceptors (Lipinski definition) is 4. The molecule has 1 fully saturated rings. The number of ether oxygens (including phenoxy) is 1. The predicted molar refractivity (Wildman–Crippen MR) is 100 cm³/mol. The summed E-state index contributed by atoms with van der Waals surface area (Å²) >= 11 is 12.8. The van der Waals surface area contributed by atoms with Gasteiger partial charge in [-0.15, -0.1) is 6.42 Å². The van der Waals surface area contributed by atoms with Crippen LogP contribution in [0, 0.1) is 18.3 Å². The second-order valence-electron chi connectivity index (χ2n) is 5.37.